The molecule has 0 radical (unpaired) electrons. The molecule has 0 amide bonds. The number of hydrogen-bond acceptors (Lipinski definition) is 7. The molecule has 5 unspecified atom stereocenters. The SMILES string of the molecule is OCC1OC(CSS)C(O)C(O)C1O. The predicted molar refractivity (Wildman–Crippen MR) is 55.2 cm³/mol. The van der Waals surface area contributed by atoms with E-state index in [1.807, 2.05) is 0 Å². The Morgan fingerprint density at radius 3 is 2.14 bits per heavy atom. The molecule has 1 rings (SSSR count). The lowest BCUT2D eigenvalue weighted by molar-refractivity contribution is -0.222. The molecular weight excluding hydrogens is 228 g/mol. The van der Waals surface area contributed by atoms with Crippen molar-refractivity contribution in [3.63, 3.8) is 0 Å². The molecule has 0 aromatic rings. The van der Waals surface area contributed by atoms with E-state index in [2.05, 4.69) is 11.7 Å². The lowest BCUT2D eigenvalue weighted by Gasteiger charge is -2.39. The lowest BCUT2D eigenvalue weighted by atomic mass is 9.96. The maximum atomic E-state index is 9.49. The van der Waals surface area contributed by atoms with Crippen molar-refractivity contribution in [1.29, 1.82) is 0 Å². The number of thiol groups is 1. The van der Waals surface area contributed by atoms with Crippen molar-refractivity contribution in [3.05, 3.63) is 0 Å². The molecule has 1 heterocycles. The fraction of sp³-hybridized carbons (Fsp3) is 1.00. The van der Waals surface area contributed by atoms with Crippen molar-refractivity contribution in [1.82, 2.24) is 0 Å². The molecular formula is C7H14O5S2. The van der Waals surface area contributed by atoms with Crippen LogP contribution in [0.1, 0.15) is 0 Å². The second kappa shape index (κ2) is 5.55. The van der Waals surface area contributed by atoms with E-state index in [9.17, 15) is 15.3 Å². The Balaban J connectivity index is 2.63. The number of ether oxygens (including phenoxy) is 1. The van der Waals surface area contributed by atoms with Crippen molar-refractivity contribution in [2.45, 2.75) is 30.5 Å². The summed E-state index contributed by atoms with van der Waals surface area (Å²) < 4.78 is 5.19. The monoisotopic (exact) mass is 242 g/mol. The van der Waals surface area contributed by atoms with Crippen molar-refractivity contribution in [2.24, 2.45) is 0 Å². The molecule has 1 aliphatic rings. The van der Waals surface area contributed by atoms with Crippen LogP contribution >= 0.6 is 22.5 Å². The summed E-state index contributed by atoms with van der Waals surface area (Å²) >= 11 is 3.90. The number of rotatable bonds is 3. The molecule has 5 atom stereocenters. The van der Waals surface area contributed by atoms with Crippen molar-refractivity contribution < 1.29 is 25.2 Å². The smallest absolute Gasteiger partial charge is 0.111 e. The van der Waals surface area contributed by atoms with Crippen LogP contribution in [0.25, 0.3) is 0 Å². The largest absolute Gasteiger partial charge is 0.394 e. The number of aliphatic hydroxyl groups excluding tert-OH is 4. The maximum Gasteiger partial charge on any atom is 0.111 e. The standard InChI is InChI=1S/C7H14O5S2/c8-1-3-5(9)7(11)6(10)4(12-3)2-14-13/h3-11,13H,1-2H2. The topological polar surface area (TPSA) is 90.2 Å². The predicted octanol–water partition coefficient (Wildman–Crippen LogP) is -1.59. The van der Waals surface area contributed by atoms with E-state index in [0.717, 1.165) is 10.8 Å². The Bertz CT molecular complexity index is 177. The quantitative estimate of drug-likeness (QED) is 0.303. The van der Waals surface area contributed by atoms with E-state index in [4.69, 9.17) is 9.84 Å². The molecule has 84 valence electrons. The van der Waals surface area contributed by atoms with Crippen LogP contribution in [-0.2, 0) is 4.74 Å². The fourth-order valence-corrected chi connectivity index (χ4v) is 2.25. The van der Waals surface area contributed by atoms with Crippen molar-refractivity contribution >= 4 is 22.5 Å². The van der Waals surface area contributed by atoms with Gasteiger partial charge in [-0.2, -0.15) is 0 Å². The van der Waals surface area contributed by atoms with Gasteiger partial charge in [0.05, 0.1) is 12.7 Å². The number of hydrogen-bond donors (Lipinski definition) is 5. The van der Waals surface area contributed by atoms with Gasteiger partial charge in [-0.25, -0.2) is 0 Å². The molecule has 0 aliphatic carbocycles. The average molecular weight is 242 g/mol. The van der Waals surface area contributed by atoms with Gasteiger partial charge in [-0.15, -0.1) is 11.7 Å². The first kappa shape index (κ1) is 12.6. The summed E-state index contributed by atoms with van der Waals surface area (Å²) in [5.41, 5.74) is 0. The third kappa shape index (κ3) is 2.54. The summed E-state index contributed by atoms with van der Waals surface area (Å²) in [5.74, 6) is 0.380. The Morgan fingerprint density at radius 2 is 1.64 bits per heavy atom. The van der Waals surface area contributed by atoms with E-state index in [1.165, 1.54) is 0 Å². The van der Waals surface area contributed by atoms with Crippen LogP contribution in [0.15, 0.2) is 0 Å². The van der Waals surface area contributed by atoms with Gasteiger partial charge in [0.25, 0.3) is 0 Å². The van der Waals surface area contributed by atoms with E-state index in [-0.39, 0.29) is 0 Å². The molecule has 14 heavy (non-hydrogen) atoms. The van der Waals surface area contributed by atoms with Crippen molar-refractivity contribution in [3.8, 4) is 0 Å². The molecule has 4 N–H and O–H groups in total. The first-order valence-electron chi connectivity index (χ1n) is 4.18. The van der Waals surface area contributed by atoms with Crippen LogP contribution in [0.5, 0.6) is 0 Å². The Morgan fingerprint density at radius 1 is 1.07 bits per heavy atom. The fourth-order valence-electron chi connectivity index (χ4n) is 1.39. The zero-order valence-electron chi connectivity index (χ0n) is 7.35. The molecule has 5 nitrogen and oxygen atoms in total. The van der Waals surface area contributed by atoms with Gasteiger partial charge in [0.15, 0.2) is 0 Å². The first-order valence-corrected chi connectivity index (χ1v) is 6.22. The zero-order chi connectivity index (χ0) is 10.7. The van der Waals surface area contributed by atoms with Gasteiger partial charge in [-0.3, -0.25) is 0 Å². The highest BCUT2D eigenvalue weighted by Crippen LogP contribution is 2.24. The third-order valence-corrected chi connectivity index (χ3v) is 3.15. The minimum atomic E-state index is -1.29. The average Bonchev–Trinajstić information content (AvgIpc) is 2.19. The van der Waals surface area contributed by atoms with E-state index >= 15 is 0 Å². The summed E-state index contributed by atoms with van der Waals surface area (Å²) in [5, 5.41) is 37.1. The Labute approximate surface area is 90.9 Å². The third-order valence-electron chi connectivity index (χ3n) is 2.23. The molecule has 0 saturated carbocycles. The van der Waals surface area contributed by atoms with Gasteiger partial charge < -0.3 is 25.2 Å². The second-order valence-electron chi connectivity index (χ2n) is 3.16. The molecule has 0 bridgehead atoms. The van der Waals surface area contributed by atoms with Crippen LogP contribution in [-0.4, -0.2) is 63.3 Å². The maximum absolute atomic E-state index is 9.49. The summed E-state index contributed by atoms with van der Waals surface area (Å²) in [6, 6.07) is 0. The molecule has 1 saturated heterocycles. The van der Waals surface area contributed by atoms with Gasteiger partial charge in [0.2, 0.25) is 0 Å². The van der Waals surface area contributed by atoms with Crippen LogP contribution in [0.3, 0.4) is 0 Å². The van der Waals surface area contributed by atoms with Gasteiger partial charge >= 0.3 is 0 Å². The molecule has 0 aromatic carbocycles. The summed E-state index contributed by atoms with van der Waals surface area (Å²) in [6.45, 7) is -0.390. The van der Waals surface area contributed by atoms with Crippen LogP contribution in [0, 0.1) is 0 Å². The van der Waals surface area contributed by atoms with Crippen LogP contribution in [0.4, 0.5) is 0 Å². The van der Waals surface area contributed by atoms with E-state index in [0.29, 0.717) is 5.75 Å². The molecule has 0 aromatic heterocycles. The van der Waals surface area contributed by atoms with E-state index in [1.54, 1.807) is 0 Å². The minimum Gasteiger partial charge on any atom is -0.394 e. The second-order valence-corrected chi connectivity index (χ2v) is 4.53. The lowest BCUT2D eigenvalue weighted by Crippen LogP contribution is -2.59. The van der Waals surface area contributed by atoms with Gasteiger partial charge in [-0.1, -0.05) is 10.8 Å². The summed E-state index contributed by atoms with van der Waals surface area (Å²) in [7, 11) is 1.16. The van der Waals surface area contributed by atoms with Gasteiger partial charge in [-0.05, 0) is 0 Å². The van der Waals surface area contributed by atoms with Gasteiger partial charge in [0.1, 0.15) is 24.4 Å². The van der Waals surface area contributed by atoms with Gasteiger partial charge in [0, 0.05) is 5.75 Å². The highest BCUT2D eigenvalue weighted by atomic mass is 33.1. The summed E-state index contributed by atoms with van der Waals surface area (Å²) in [4.78, 5) is 0. The van der Waals surface area contributed by atoms with Crippen LogP contribution in [0.2, 0.25) is 0 Å². The van der Waals surface area contributed by atoms with Crippen molar-refractivity contribution in [2.75, 3.05) is 12.4 Å². The number of aliphatic hydroxyl groups is 4. The Hall–Kier alpha value is 0.500. The normalized spacial score (nSPS) is 43.9. The molecule has 7 heteroatoms. The Kier molecular flexibility index (Phi) is 4.98. The summed E-state index contributed by atoms with van der Waals surface area (Å²) in [6.07, 6.45) is -5.15. The minimum absolute atomic E-state index is 0.380. The highest BCUT2D eigenvalue weighted by Gasteiger charge is 2.42. The highest BCUT2D eigenvalue weighted by molar-refractivity contribution is 8.68. The first-order chi connectivity index (χ1) is 6.61. The molecule has 1 aliphatic heterocycles. The zero-order valence-corrected chi connectivity index (χ0v) is 9.06. The molecule has 1 fully saturated rings. The molecule has 0 spiro atoms. The van der Waals surface area contributed by atoms with Crippen LogP contribution < -0.4 is 0 Å². The van der Waals surface area contributed by atoms with E-state index < -0.39 is 37.1 Å².